The van der Waals surface area contributed by atoms with Crippen LogP contribution in [0.1, 0.15) is 29.5 Å². The highest BCUT2D eigenvalue weighted by molar-refractivity contribution is 5.76. The van der Waals surface area contributed by atoms with Crippen molar-refractivity contribution in [2.24, 2.45) is 0 Å². The lowest BCUT2D eigenvalue weighted by atomic mass is 9.98. The van der Waals surface area contributed by atoms with E-state index < -0.39 is 0 Å². The van der Waals surface area contributed by atoms with Gasteiger partial charge in [0.1, 0.15) is 0 Å². The van der Waals surface area contributed by atoms with Crippen molar-refractivity contribution in [3.63, 3.8) is 0 Å². The van der Waals surface area contributed by atoms with E-state index in [9.17, 15) is 4.79 Å². The number of nitrogens with zero attached hydrogens (tertiary/aromatic N) is 1. The molecule has 0 radical (unpaired) electrons. The Bertz CT molecular complexity index is 865. The number of hydrogen-bond acceptors (Lipinski definition) is 5. The van der Waals surface area contributed by atoms with E-state index in [1.165, 1.54) is 5.56 Å². The van der Waals surface area contributed by atoms with Crippen molar-refractivity contribution in [2.45, 2.75) is 32.2 Å². The Hall–Kier alpha value is -2.89. The third kappa shape index (κ3) is 4.75. The van der Waals surface area contributed by atoms with Gasteiger partial charge in [0.2, 0.25) is 5.91 Å². The fraction of sp³-hybridized carbons (Fsp3) is 0.435. The molecule has 29 heavy (non-hydrogen) atoms. The lowest BCUT2D eigenvalue weighted by Crippen LogP contribution is -2.35. The number of rotatable bonds is 8. The number of carbonyl (C=O) groups excluding carboxylic acids is 1. The molecule has 0 saturated carbocycles. The van der Waals surface area contributed by atoms with Gasteiger partial charge >= 0.3 is 0 Å². The molecule has 0 aliphatic carbocycles. The van der Waals surface area contributed by atoms with Crippen LogP contribution >= 0.6 is 0 Å². The van der Waals surface area contributed by atoms with Crippen molar-refractivity contribution in [3.8, 4) is 23.0 Å². The number of aryl methyl sites for hydroxylation is 1. The van der Waals surface area contributed by atoms with Crippen LogP contribution < -0.4 is 18.9 Å². The van der Waals surface area contributed by atoms with Gasteiger partial charge in [-0.25, -0.2) is 0 Å². The maximum Gasteiger partial charge on any atom is 0.222 e. The third-order valence-electron chi connectivity index (χ3n) is 5.37. The van der Waals surface area contributed by atoms with Crippen LogP contribution in [-0.4, -0.2) is 45.8 Å². The minimum absolute atomic E-state index is 0.186. The first-order chi connectivity index (χ1) is 14.1. The van der Waals surface area contributed by atoms with Crippen LogP contribution in [-0.2, 0) is 24.2 Å². The second kappa shape index (κ2) is 9.54. The summed E-state index contributed by atoms with van der Waals surface area (Å²) >= 11 is 0. The zero-order valence-corrected chi connectivity index (χ0v) is 17.6. The first-order valence-corrected chi connectivity index (χ1v) is 9.82. The molecule has 0 bridgehead atoms. The second-order valence-corrected chi connectivity index (χ2v) is 7.08. The molecule has 6 nitrogen and oxygen atoms in total. The molecule has 0 fully saturated rings. The highest BCUT2D eigenvalue weighted by atomic mass is 16.5. The molecule has 2 aromatic rings. The zero-order valence-electron chi connectivity index (χ0n) is 17.6. The van der Waals surface area contributed by atoms with E-state index in [0.717, 1.165) is 42.7 Å². The molecule has 156 valence electrons. The first kappa shape index (κ1) is 20.8. The van der Waals surface area contributed by atoms with E-state index in [0.29, 0.717) is 30.2 Å². The van der Waals surface area contributed by atoms with E-state index >= 15 is 0 Å². The van der Waals surface area contributed by atoms with Gasteiger partial charge in [-0.2, -0.15) is 0 Å². The number of amides is 1. The highest BCUT2D eigenvalue weighted by Gasteiger charge is 2.22. The number of methoxy groups -OCH3 is 4. The van der Waals surface area contributed by atoms with Gasteiger partial charge in [0.05, 0.1) is 28.4 Å². The van der Waals surface area contributed by atoms with Gasteiger partial charge < -0.3 is 23.8 Å². The van der Waals surface area contributed by atoms with Gasteiger partial charge in [-0.05, 0) is 60.2 Å². The second-order valence-electron chi connectivity index (χ2n) is 7.08. The van der Waals surface area contributed by atoms with Crippen molar-refractivity contribution in [1.82, 2.24) is 4.90 Å². The van der Waals surface area contributed by atoms with Crippen LogP contribution in [0.3, 0.4) is 0 Å². The molecular formula is C23H29NO5. The average molecular weight is 399 g/mol. The number of ether oxygens (including phenoxy) is 4. The van der Waals surface area contributed by atoms with Crippen LogP contribution in [0, 0.1) is 0 Å². The number of hydrogen-bond donors (Lipinski definition) is 0. The summed E-state index contributed by atoms with van der Waals surface area (Å²) in [6.45, 7) is 1.35. The predicted octanol–water partition coefficient (Wildman–Crippen LogP) is 3.63. The summed E-state index contributed by atoms with van der Waals surface area (Å²) < 4.78 is 21.4. The van der Waals surface area contributed by atoms with E-state index in [-0.39, 0.29) is 5.91 Å². The van der Waals surface area contributed by atoms with E-state index in [1.807, 2.05) is 35.2 Å². The maximum absolute atomic E-state index is 12.7. The fourth-order valence-electron chi connectivity index (χ4n) is 3.73. The topological polar surface area (TPSA) is 57.2 Å². The molecule has 1 heterocycles. The van der Waals surface area contributed by atoms with Crippen LogP contribution in [0.15, 0.2) is 30.3 Å². The Morgan fingerprint density at radius 2 is 1.48 bits per heavy atom. The molecule has 0 spiro atoms. The van der Waals surface area contributed by atoms with Gasteiger partial charge in [-0.15, -0.1) is 0 Å². The average Bonchev–Trinajstić information content (AvgIpc) is 2.77. The van der Waals surface area contributed by atoms with Crippen LogP contribution in [0.5, 0.6) is 23.0 Å². The highest BCUT2D eigenvalue weighted by Crippen LogP contribution is 2.33. The van der Waals surface area contributed by atoms with E-state index in [1.54, 1.807) is 28.4 Å². The molecule has 1 amide bonds. The van der Waals surface area contributed by atoms with Crippen molar-refractivity contribution in [3.05, 3.63) is 47.0 Å². The summed E-state index contributed by atoms with van der Waals surface area (Å²) in [6, 6.07) is 9.90. The summed E-state index contributed by atoms with van der Waals surface area (Å²) in [5.74, 6) is 3.06. The molecule has 0 aromatic heterocycles. The van der Waals surface area contributed by atoms with Crippen molar-refractivity contribution < 1.29 is 23.7 Å². The molecule has 1 aliphatic rings. The number of fused-ring (bicyclic) bond motifs is 1. The number of benzene rings is 2. The predicted molar refractivity (Wildman–Crippen MR) is 111 cm³/mol. The SMILES string of the molecule is COc1ccc(CCCC(=O)N2CCc3cc(OC)c(OC)cc3C2)cc1OC. The minimum atomic E-state index is 0.186. The fourth-order valence-corrected chi connectivity index (χ4v) is 3.73. The van der Waals surface area contributed by atoms with E-state index in [4.69, 9.17) is 18.9 Å². The Labute approximate surface area is 172 Å². The third-order valence-corrected chi connectivity index (χ3v) is 5.37. The van der Waals surface area contributed by atoms with Gasteiger partial charge in [0.25, 0.3) is 0 Å². The Kier molecular flexibility index (Phi) is 6.86. The minimum Gasteiger partial charge on any atom is -0.493 e. The normalized spacial score (nSPS) is 12.9. The largest absolute Gasteiger partial charge is 0.493 e. The van der Waals surface area contributed by atoms with Crippen LogP contribution in [0.25, 0.3) is 0 Å². The standard InChI is InChI=1S/C23H29NO5/c1-26-19-9-8-16(12-20(19)27-2)6-5-7-23(25)24-11-10-17-13-21(28-3)22(29-4)14-18(17)15-24/h8-9,12-14H,5-7,10-11,15H2,1-4H3. The van der Waals surface area contributed by atoms with Gasteiger partial charge in [0.15, 0.2) is 23.0 Å². The molecule has 0 atom stereocenters. The quantitative estimate of drug-likeness (QED) is 0.679. The monoisotopic (exact) mass is 399 g/mol. The summed E-state index contributed by atoms with van der Waals surface area (Å²) in [5, 5.41) is 0. The summed E-state index contributed by atoms with van der Waals surface area (Å²) in [6.07, 6.45) is 2.97. The van der Waals surface area contributed by atoms with Gasteiger partial charge in [-0.3, -0.25) is 4.79 Å². The molecule has 2 aromatic carbocycles. The molecule has 0 saturated heterocycles. The maximum atomic E-state index is 12.7. The molecule has 0 unspecified atom stereocenters. The Morgan fingerprint density at radius 1 is 0.862 bits per heavy atom. The molecular weight excluding hydrogens is 370 g/mol. The lowest BCUT2D eigenvalue weighted by Gasteiger charge is -2.29. The van der Waals surface area contributed by atoms with Crippen molar-refractivity contribution in [2.75, 3.05) is 35.0 Å². The summed E-state index contributed by atoms with van der Waals surface area (Å²) in [5.41, 5.74) is 3.48. The van der Waals surface area contributed by atoms with Crippen molar-refractivity contribution >= 4 is 5.91 Å². The number of carbonyl (C=O) groups is 1. The summed E-state index contributed by atoms with van der Waals surface area (Å²) in [4.78, 5) is 14.7. The van der Waals surface area contributed by atoms with Crippen molar-refractivity contribution in [1.29, 1.82) is 0 Å². The molecule has 3 rings (SSSR count). The van der Waals surface area contributed by atoms with Gasteiger partial charge in [0, 0.05) is 19.5 Å². The Morgan fingerprint density at radius 3 is 2.14 bits per heavy atom. The summed E-state index contributed by atoms with van der Waals surface area (Å²) in [7, 11) is 6.52. The van der Waals surface area contributed by atoms with Crippen LogP contribution in [0.4, 0.5) is 0 Å². The zero-order chi connectivity index (χ0) is 20.8. The van der Waals surface area contributed by atoms with Crippen LogP contribution in [0.2, 0.25) is 0 Å². The molecule has 0 N–H and O–H groups in total. The first-order valence-electron chi connectivity index (χ1n) is 9.82. The molecule has 1 aliphatic heterocycles. The molecule has 6 heteroatoms. The smallest absolute Gasteiger partial charge is 0.222 e. The van der Waals surface area contributed by atoms with Gasteiger partial charge in [-0.1, -0.05) is 6.07 Å². The lowest BCUT2D eigenvalue weighted by molar-refractivity contribution is -0.132. The Balaban J connectivity index is 1.57. The van der Waals surface area contributed by atoms with E-state index in [2.05, 4.69) is 0 Å².